The van der Waals surface area contributed by atoms with Crippen molar-refractivity contribution in [1.82, 2.24) is 9.88 Å². The number of amides is 1. The molecule has 1 unspecified atom stereocenters. The van der Waals surface area contributed by atoms with Gasteiger partial charge in [-0.15, -0.1) is 0 Å². The summed E-state index contributed by atoms with van der Waals surface area (Å²) in [7, 11) is 0. The second-order valence-electron chi connectivity index (χ2n) is 9.31. The molecule has 1 aliphatic heterocycles. The van der Waals surface area contributed by atoms with Gasteiger partial charge in [-0.05, 0) is 74.7 Å². The molecule has 0 saturated heterocycles. The van der Waals surface area contributed by atoms with Gasteiger partial charge in [-0.1, -0.05) is 23.2 Å². The van der Waals surface area contributed by atoms with Crippen LogP contribution in [0, 0.1) is 11.6 Å². The van der Waals surface area contributed by atoms with Gasteiger partial charge in [0.15, 0.2) is 11.6 Å². The topological polar surface area (TPSA) is 51.7 Å². The van der Waals surface area contributed by atoms with Crippen molar-refractivity contribution in [2.24, 2.45) is 0 Å². The molecule has 184 valence electrons. The van der Waals surface area contributed by atoms with Crippen LogP contribution in [0.1, 0.15) is 42.3 Å². The van der Waals surface area contributed by atoms with Crippen LogP contribution in [-0.2, 0) is 13.0 Å². The van der Waals surface area contributed by atoms with Gasteiger partial charge in [0.2, 0.25) is 5.88 Å². The fraction of sp³-hybridized carbons (Fsp3) is 0.308. The van der Waals surface area contributed by atoms with Crippen LogP contribution in [0.5, 0.6) is 11.6 Å². The molecule has 0 aliphatic carbocycles. The average molecular weight is 521 g/mol. The summed E-state index contributed by atoms with van der Waals surface area (Å²) >= 11 is 12.1. The zero-order valence-electron chi connectivity index (χ0n) is 19.4. The molecule has 1 atom stereocenters. The molecule has 2 heterocycles. The van der Waals surface area contributed by atoms with E-state index in [2.05, 4.69) is 4.98 Å². The van der Waals surface area contributed by atoms with Gasteiger partial charge in [-0.2, -0.15) is 0 Å². The number of carbonyl (C=O) groups is 1. The number of halogens is 4. The zero-order chi connectivity index (χ0) is 25.3. The van der Waals surface area contributed by atoms with E-state index in [0.29, 0.717) is 33.3 Å². The SMILES string of the molecule is CC(C)(C)Oc1ccc(OCC2Cc3cc(F)c(F)cc3CN2C(=O)c2ccc(Cl)c(Cl)c2)nc1. The highest BCUT2D eigenvalue weighted by molar-refractivity contribution is 6.42. The molecular formula is C26H24Cl2F2N2O3. The fourth-order valence-corrected chi connectivity index (χ4v) is 4.17. The third-order valence-corrected chi connectivity index (χ3v) is 6.20. The first kappa shape index (κ1) is 25.2. The van der Waals surface area contributed by atoms with Gasteiger partial charge >= 0.3 is 0 Å². The molecule has 0 saturated carbocycles. The summed E-state index contributed by atoms with van der Waals surface area (Å²) in [6.07, 6.45) is 1.85. The average Bonchev–Trinajstić information content (AvgIpc) is 2.79. The van der Waals surface area contributed by atoms with Crippen molar-refractivity contribution in [1.29, 1.82) is 0 Å². The Labute approximate surface area is 212 Å². The molecule has 2 aromatic carbocycles. The number of nitrogens with zero attached hydrogens (tertiary/aromatic N) is 2. The number of hydrogen-bond acceptors (Lipinski definition) is 4. The Kier molecular flexibility index (Phi) is 7.20. The van der Waals surface area contributed by atoms with Crippen LogP contribution in [0.2, 0.25) is 10.0 Å². The van der Waals surface area contributed by atoms with Gasteiger partial charge in [0.25, 0.3) is 5.91 Å². The highest BCUT2D eigenvalue weighted by atomic mass is 35.5. The van der Waals surface area contributed by atoms with Crippen LogP contribution in [0.3, 0.4) is 0 Å². The maximum Gasteiger partial charge on any atom is 0.254 e. The number of hydrogen-bond donors (Lipinski definition) is 0. The van der Waals surface area contributed by atoms with Crippen molar-refractivity contribution in [3.63, 3.8) is 0 Å². The minimum absolute atomic E-state index is 0.0887. The number of pyridine rings is 1. The van der Waals surface area contributed by atoms with E-state index < -0.39 is 17.7 Å². The first-order chi connectivity index (χ1) is 16.5. The zero-order valence-corrected chi connectivity index (χ0v) is 21.0. The molecule has 0 radical (unpaired) electrons. The van der Waals surface area contributed by atoms with Crippen LogP contribution in [-0.4, -0.2) is 34.0 Å². The maximum absolute atomic E-state index is 13.9. The van der Waals surface area contributed by atoms with Gasteiger partial charge in [0.1, 0.15) is 18.0 Å². The largest absolute Gasteiger partial charge is 0.487 e. The number of benzene rings is 2. The van der Waals surface area contributed by atoms with E-state index in [9.17, 15) is 13.6 Å². The molecule has 1 aromatic heterocycles. The van der Waals surface area contributed by atoms with Crippen LogP contribution < -0.4 is 9.47 Å². The van der Waals surface area contributed by atoms with E-state index in [1.165, 1.54) is 12.1 Å². The Morgan fingerprint density at radius 3 is 2.40 bits per heavy atom. The maximum atomic E-state index is 13.9. The summed E-state index contributed by atoms with van der Waals surface area (Å²) in [5, 5.41) is 0.576. The van der Waals surface area contributed by atoms with E-state index in [4.69, 9.17) is 32.7 Å². The molecule has 3 aromatic rings. The van der Waals surface area contributed by atoms with E-state index in [1.807, 2.05) is 20.8 Å². The fourth-order valence-electron chi connectivity index (χ4n) is 3.87. The molecule has 1 aliphatic rings. The predicted molar refractivity (Wildman–Crippen MR) is 130 cm³/mol. The van der Waals surface area contributed by atoms with E-state index >= 15 is 0 Å². The highest BCUT2D eigenvalue weighted by Gasteiger charge is 2.32. The number of rotatable bonds is 5. The van der Waals surface area contributed by atoms with E-state index in [-0.39, 0.29) is 36.1 Å². The van der Waals surface area contributed by atoms with E-state index in [1.54, 1.807) is 35.4 Å². The van der Waals surface area contributed by atoms with Crippen molar-refractivity contribution in [2.45, 2.75) is 45.4 Å². The van der Waals surface area contributed by atoms with Gasteiger partial charge in [0.05, 0.1) is 22.3 Å². The van der Waals surface area contributed by atoms with Crippen LogP contribution in [0.25, 0.3) is 0 Å². The molecule has 9 heteroatoms. The van der Waals surface area contributed by atoms with Crippen LogP contribution in [0.15, 0.2) is 48.7 Å². The molecule has 5 nitrogen and oxygen atoms in total. The lowest BCUT2D eigenvalue weighted by molar-refractivity contribution is 0.0561. The number of fused-ring (bicyclic) bond motifs is 1. The van der Waals surface area contributed by atoms with Crippen molar-refractivity contribution in [3.8, 4) is 11.6 Å². The molecule has 0 spiro atoms. The normalized spacial score (nSPS) is 15.5. The molecule has 4 rings (SSSR count). The van der Waals surface area contributed by atoms with Gasteiger partial charge in [-0.3, -0.25) is 4.79 Å². The Morgan fingerprint density at radius 1 is 1.06 bits per heavy atom. The third kappa shape index (κ3) is 6.03. The minimum atomic E-state index is -0.956. The van der Waals surface area contributed by atoms with Crippen molar-refractivity contribution in [3.05, 3.63) is 87.0 Å². The lowest BCUT2D eigenvalue weighted by atomic mass is 9.93. The summed E-state index contributed by atoms with van der Waals surface area (Å²) in [6.45, 7) is 5.99. The van der Waals surface area contributed by atoms with Gasteiger partial charge in [0, 0.05) is 18.2 Å². The second kappa shape index (κ2) is 9.99. The lowest BCUT2D eigenvalue weighted by Crippen LogP contribution is -2.47. The summed E-state index contributed by atoms with van der Waals surface area (Å²) in [6, 6.07) is 9.88. The molecule has 35 heavy (non-hydrogen) atoms. The van der Waals surface area contributed by atoms with E-state index in [0.717, 1.165) is 6.07 Å². The molecule has 0 fully saturated rings. The smallest absolute Gasteiger partial charge is 0.254 e. The monoisotopic (exact) mass is 520 g/mol. The summed E-state index contributed by atoms with van der Waals surface area (Å²) in [5.41, 5.74) is 1.13. The molecule has 1 amide bonds. The molecular weight excluding hydrogens is 497 g/mol. The minimum Gasteiger partial charge on any atom is -0.487 e. The van der Waals surface area contributed by atoms with Crippen molar-refractivity contribution < 1.29 is 23.0 Å². The lowest BCUT2D eigenvalue weighted by Gasteiger charge is -2.37. The second-order valence-corrected chi connectivity index (χ2v) is 10.1. The Bertz CT molecular complexity index is 1250. The summed E-state index contributed by atoms with van der Waals surface area (Å²) in [4.78, 5) is 19.2. The molecule has 0 bridgehead atoms. The predicted octanol–water partition coefficient (Wildman–Crippen LogP) is 6.49. The number of aromatic nitrogens is 1. The standard InChI is InChI=1S/C26H24Cl2F2N2O3/c1-26(2,3)35-19-5-7-24(31-12-19)34-14-18-8-16-10-22(29)23(30)11-17(16)13-32(18)25(33)15-4-6-20(27)21(28)9-15/h4-7,9-12,18H,8,13-14H2,1-3H3. The quantitative estimate of drug-likeness (QED) is 0.385. The number of carbonyl (C=O) groups excluding carboxylic acids is 1. The molecule has 0 N–H and O–H groups in total. The summed E-state index contributed by atoms with van der Waals surface area (Å²) in [5.74, 6) is -1.25. The Balaban J connectivity index is 1.57. The Morgan fingerprint density at radius 2 is 1.77 bits per heavy atom. The third-order valence-electron chi connectivity index (χ3n) is 5.46. The van der Waals surface area contributed by atoms with Crippen molar-refractivity contribution in [2.75, 3.05) is 6.61 Å². The first-order valence-corrected chi connectivity index (χ1v) is 11.8. The Hall–Kier alpha value is -2.90. The highest BCUT2D eigenvalue weighted by Crippen LogP contribution is 2.30. The van der Waals surface area contributed by atoms with Gasteiger partial charge in [-0.25, -0.2) is 13.8 Å². The summed E-state index contributed by atoms with van der Waals surface area (Å²) < 4.78 is 39.5. The van der Waals surface area contributed by atoms with Gasteiger partial charge < -0.3 is 14.4 Å². The van der Waals surface area contributed by atoms with Crippen molar-refractivity contribution >= 4 is 29.1 Å². The number of ether oxygens (including phenoxy) is 2. The van der Waals surface area contributed by atoms with Crippen LogP contribution >= 0.6 is 23.2 Å². The van der Waals surface area contributed by atoms with Crippen LogP contribution in [0.4, 0.5) is 8.78 Å². The first-order valence-electron chi connectivity index (χ1n) is 11.0.